The van der Waals surface area contributed by atoms with Crippen LogP contribution in [0.4, 0.5) is 5.82 Å². The summed E-state index contributed by atoms with van der Waals surface area (Å²) in [6.07, 6.45) is 12.5. The van der Waals surface area contributed by atoms with E-state index in [1.165, 1.54) is 44.9 Å². The van der Waals surface area contributed by atoms with Crippen LogP contribution in [0, 0.1) is 5.92 Å². The van der Waals surface area contributed by atoms with Crippen LogP contribution in [0.15, 0.2) is 23.3 Å². The maximum Gasteiger partial charge on any atom is 0.220 e. The van der Waals surface area contributed by atoms with Gasteiger partial charge in [-0.2, -0.15) is 0 Å². The van der Waals surface area contributed by atoms with E-state index in [0.29, 0.717) is 6.54 Å². The number of pyridine rings is 1. The van der Waals surface area contributed by atoms with Gasteiger partial charge in [0.15, 0.2) is 5.96 Å². The molecule has 2 rings (SSSR count). The molecule has 182 valence electrons. The molecule has 0 spiro atoms. The van der Waals surface area contributed by atoms with Crippen LogP contribution in [0.2, 0.25) is 0 Å². The summed E-state index contributed by atoms with van der Waals surface area (Å²) < 4.78 is 0. The predicted octanol–water partition coefficient (Wildman–Crippen LogP) is 4.21. The van der Waals surface area contributed by atoms with Gasteiger partial charge in [0.2, 0.25) is 5.91 Å². The number of guanidine groups is 1. The van der Waals surface area contributed by atoms with E-state index in [1.807, 2.05) is 12.3 Å². The number of nitrogens with one attached hydrogen (secondary N) is 2. The van der Waals surface area contributed by atoms with E-state index in [-0.39, 0.29) is 35.8 Å². The van der Waals surface area contributed by atoms with Gasteiger partial charge < -0.3 is 21.3 Å². The second-order valence-electron chi connectivity index (χ2n) is 8.39. The monoisotopic (exact) mass is 558 g/mol. The number of carbonyl (C=O) groups excluding carboxylic acids is 1. The summed E-state index contributed by atoms with van der Waals surface area (Å²) in [5, 5.41) is 6.81. The molecule has 32 heavy (non-hydrogen) atoms. The summed E-state index contributed by atoms with van der Waals surface area (Å²) in [6.45, 7) is 8.31. The Morgan fingerprint density at radius 1 is 1.12 bits per heavy atom. The molecule has 1 saturated heterocycles. The summed E-state index contributed by atoms with van der Waals surface area (Å²) in [5.41, 5.74) is 6.58. The number of aromatic nitrogens is 1. The first-order chi connectivity index (χ1) is 15.2. The maximum atomic E-state index is 11.4. The maximum absolute atomic E-state index is 11.4. The fraction of sp³-hybridized carbons (Fsp3) is 0.708. The number of amides is 1. The molecule has 0 bridgehead atoms. The number of unbranched alkanes of at least 4 members (excludes halogenated alkanes) is 6. The second kappa shape index (κ2) is 17.0. The van der Waals surface area contributed by atoms with Gasteiger partial charge in [-0.25, -0.2) is 9.98 Å². The lowest BCUT2D eigenvalue weighted by atomic mass is 9.96. The molecule has 1 aromatic heterocycles. The highest BCUT2D eigenvalue weighted by molar-refractivity contribution is 14.0. The topological polar surface area (TPSA) is 95.6 Å². The second-order valence-corrected chi connectivity index (χ2v) is 8.39. The smallest absolute Gasteiger partial charge is 0.220 e. The average Bonchev–Trinajstić information content (AvgIpc) is 2.79. The number of rotatable bonds is 13. The molecule has 7 nitrogen and oxygen atoms in total. The van der Waals surface area contributed by atoms with E-state index >= 15 is 0 Å². The van der Waals surface area contributed by atoms with Crippen molar-refractivity contribution >= 4 is 41.7 Å². The number of piperidine rings is 1. The Bertz CT molecular complexity index is 676. The highest BCUT2D eigenvalue weighted by atomic mass is 127. The lowest BCUT2D eigenvalue weighted by molar-refractivity contribution is -0.122. The first-order valence-corrected chi connectivity index (χ1v) is 12.2. The highest BCUT2D eigenvalue weighted by Gasteiger charge is 2.24. The largest absolute Gasteiger partial charge is 0.369 e. The molecule has 0 unspecified atom stereocenters. The van der Waals surface area contributed by atoms with E-state index in [1.54, 1.807) is 0 Å². The number of anilines is 1. The van der Waals surface area contributed by atoms with Crippen LogP contribution >= 0.6 is 24.0 Å². The molecule has 8 heteroatoms. The first kappa shape index (κ1) is 28.5. The van der Waals surface area contributed by atoms with Gasteiger partial charge in [0.25, 0.3) is 0 Å². The van der Waals surface area contributed by atoms with Crippen molar-refractivity contribution in [2.24, 2.45) is 16.6 Å². The summed E-state index contributed by atoms with van der Waals surface area (Å²) in [4.78, 5) is 23.1. The molecule has 0 aliphatic carbocycles. The van der Waals surface area contributed by atoms with Gasteiger partial charge in [-0.05, 0) is 32.3 Å². The van der Waals surface area contributed by atoms with Crippen molar-refractivity contribution in [3.8, 4) is 0 Å². The molecule has 0 aromatic carbocycles. The fourth-order valence-corrected chi connectivity index (χ4v) is 4.01. The first-order valence-electron chi connectivity index (χ1n) is 12.2. The third-order valence-corrected chi connectivity index (χ3v) is 5.89. The minimum atomic E-state index is -0.187. The zero-order valence-electron chi connectivity index (χ0n) is 19.9. The molecule has 1 amide bonds. The summed E-state index contributed by atoms with van der Waals surface area (Å²) >= 11 is 0. The molecule has 0 radical (unpaired) electrons. The van der Waals surface area contributed by atoms with Gasteiger partial charge in [0.1, 0.15) is 5.82 Å². The SMILES string of the molecule is CCCCCCCCCNC(=NCc1cccnc1N1CCC(C(N)=O)CC1)NCC.I. The number of carbonyl (C=O) groups is 1. The van der Waals surface area contributed by atoms with Gasteiger partial charge in [-0.1, -0.05) is 51.5 Å². The summed E-state index contributed by atoms with van der Waals surface area (Å²) in [6, 6.07) is 4.05. The molecule has 2 heterocycles. The quantitative estimate of drug-likeness (QED) is 0.146. The normalized spacial score (nSPS) is 14.7. The van der Waals surface area contributed by atoms with Crippen molar-refractivity contribution in [2.75, 3.05) is 31.1 Å². The Labute approximate surface area is 211 Å². The number of aliphatic imine (C=N–C) groups is 1. The van der Waals surface area contributed by atoms with Gasteiger partial charge in [0, 0.05) is 43.9 Å². The van der Waals surface area contributed by atoms with E-state index in [9.17, 15) is 4.79 Å². The van der Waals surface area contributed by atoms with Crippen LogP contribution in [0.3, 0.4) is 0 Å². The molecular weight excluding hydrogens is 515 g/mol. The van der Waals surface area contributed by atoms with Gasteiger partial charge in [-0.15, -0.1) is 24.0 Å². The van der Waals surface area contributed by atoms with Crippen LogP contribution in [-0.4, -0.2) is 43.0 Å². The van der Waals surface area contributed by atoms with Crippen LogP contribution in [0.5, 0.6) is 0 Å². The minimum Gasteiger partial charge on any atom is -0.369 e. The van der Waals surface area contributed by atoms with Crippen LogP contribution < -0.4 is 21.3 Å². The van der Waals surface area contributed by atoms with Crippen molar-refractivity contribution in [3.63, 3.8) is 0 Å². The summed E-state index contributed by atoms with van der Waals surface area (Å²) in [7, 11) is 0. The standard InChI is InChI=1S/C24H42N6O.HI/c1-3-5-6-7-8-9-10-15-28-24(26-4-2)29-19-21-12-11-16-27-23(21)30-17-13-20(14-18-30)22(25)31;/h11-12,16,20H,3-10,13-15,17-19H2,1-2H3,(H2,25,31)(H2,26,28,29);1H. The number of nitrogens with two attached hydrogens (primary N) is 1. The Morgan fingerprint density at radius 3 is 2.47 bits per heavy atom. The molecule has 1 aromatic rings. The third-order valence-electron chi connectivity index (χ3n) is 5.89. The van der Waals surface area contributed by atoms with Crippen molar-refractivity contribution in [1.29, 1.82) is 0 Å². The van der Waals surface area contributed by atoms with E-state index in [0.717, 1.165) is 56.4 Å². The van der Waals surface area contributed by atoms with Gasteiger partial charge in [-0.3, -0.25) is 4.79 Å². The number of halogens is 1. The Hall–Kier alpha value is -1.58. The predicted molar refractivity (Wildman–Crippen MR) is 145 cm³/mol. The minimum absolute atomic E-state index is 0. The van der Waals surface area contributed by atoms with Crippen molar-refractivity contribution in [1.82, 2.24) is 15.6 Å². The van der Waals surface area contributed by atoms with Crippen LogP contribution in [0.25, 0.3) is 0 Å². The molecule has 1 aliphatic rings. The molecule has 1 fully saturated rings. The highest BCUT2D eigenvalue weighted by Crippen LogP contribution is 2.24. The van der Waals surface area contributed by atoms with Crippen LogP contribution in [-0.2, 0) is 11.3 Å². The Balaban J connectivity index is 0.00000512. The summed E-state index contributed by atoms with van der Waals surface area (Å²) in [5.74, 6) is 1.62. The van der Waals surface area contributed by atoms with E-state index in [4.69, 9.17) is 10.7 Å². The Kier molecular flexibility index (Phi) is 15.1. The number of hydrogen-bond acceptors (Lipinski definition) is 4. The molecule has 0 saturated carbocycles. The van der Waals surface area contributed by atoms with Crippen LogP contribution in [0.1, 0.15) is 77.2 Å². The molecule has 1 aliphatic heterocycles. The van der Waals surface area contributed by atoms with Crippen molar-refractivity contribution in [3.05, 3.63) is 23.9 Å². The average molecular weight is 559 g/mol. The number of nitrogens with zero attached hydrogens (tertiary/aromatic N) is 3. The van der Waals surface area contributed by atoms with E-state index < -0.39 is 0 Å². The zero-order valence-corrected chi connectivity index (χ0v) is 22.3. The number of primary amides is 1. The third kappa shape index (κ3) is 10.4. The van der Waals surface area contributed by atoms with Gasteiger partial charge >= 0.3 is 0 Å². The fourth-order valence-electron chi connectivity index (χ4n) is 4.01. The van der Waals surface area contributed by atoms with Crippen molar-refractivity contribution < 1.29 is 4.79 Å². The zero-order chi connectivity index (χ0) is 22.3. The molecular formula is C24H43IN6O. The lowest BCUT2D eigenvalue weighted by Gasteiger charge is -2.32. The van der Waals surface area contributed by atoms with Crippen molar-refractivity contribution in [2.45, 2.75) is 78.2 Å². The lowest BCUT2D eigenvalue weighted by Crippen LogP contribution is -2.39. The molecule has 4 N–H and O–H groups in total. The Morgan fingerprint density at radius 2 is 1.81 bits per heavy atom. The van der Waals surface area contributed by atoms with Gasteiger partial charge in [0.05, 0.1) is 6.54 Å². The van der Waals surface area contributed by atoms with E-state index in [2.05, 4.69) is 40.4 Å². The number of hydrogen-bond donors (Lipinski definition) is 3. The molecule has 0 atom stereocenters.